The molecule has 7 heteroatoms. The lowest BCUT2D eigenvalue weighted by atomic mass is 10.2. The fraction of sp³-hybridized carbons (Fsp3) is 0.250. The van der Waals surface area contributed by atoms with Crippen LogP contribution >= 0.6 is 27.5 Å². The summed E-state index contributed by atoms with van der Waals surface area (Å²) in [5.41, 5.74) is -0.0320. The Hall–Kier alpha value is -1.40. The Labute approximate surface area is 121 Å². The lowest BCUT2D eigenvalue weighted by Gasteiger charge is -2.04. The number of pyridine rings is 1. The molecule has 0 N–H and O–H groups in total. The summed E-state index contributed by atoms with van der Waals surface area (Å²) in [6.45, 7) is 1.82. The van der Waals surface area contributed by atoms with Gasteiger partial charge in [-0.15, -0.1) is 0 Å². The number of hydrogen-bond acceptors (Lipinski definition) is 5. The van der Waals surface area contributed by atoms with Gasteiger partial charge in [-0.25, -0.2) is 14.6 Å². The van der Waals surface area contributed by atoms with Crippen LogP contribution in [0.1, 0.15) is 23.0 Å². The molecule has 0 aliphatic rings. The van der Waals surface area contributed by atoms with E-state index in [1.165, 1.54) is 6.07 Å². The van der Waals surface area contributed by atoms with Gasteiger partial charge in [0.1, 0.15) is 16.3 Å². The zero-order chi connectivity index (χ0) is 14.0. The van der Waals surface area contributed by atoms with Crippen LogP contribution in [0.25, 0.3) is 11.0 Å². The van der Waals surface area contributed by atoms with Crippen LogP contribution < -0.4 is 5.63 Å². The quantitative estimate of drug-likeness (QED) is 0.485. The number of hydrogen-bond donors (Lipinski definition) is 0. The molecule has 19 heavy (non-hydrogen) atoms. The number of esters is 1. The summed E-state index contributed by atoms with van der Waals surface area (Å²) >= 11 is 9.24. The van der Waals surface area contributed by atoms with E-state index in [0.29, 0.717) is 16.4 Å². The highest BCUT2D eigenvalue weighted by Crippen LogP contribution is 2.23. The van der Waals surface area contributed by atoms with E-state index in [0.717, 1.165) is 0 Å². The molecule has 0 aliphatic carbocycles. The van der Waals surface area contributed by atoms with Crippen molar-refractivity contribution in [1.29, 1.82) is 0 Å². The lowest BCUT2D eigenvalue weighted by Crippen LogP contribution is -2.16. The van der Waals surface area contributed by atoms with Crippen molar-refractivity contribution in [1.82, 2.24) is 4.98 Å². The third kappa shape index (κ3) is 2.79. The van der Waals surface area contributed by atoms with Gasteiger partial charge in [0.15, 0.2) is 0 Å². The molecule has 0 atom stereocenters. The smallest absolute Gasteiger partial charge is 0.351 e. The Kier molecular flexibility index (Phi) is 4.21. The van der Waals surface area contributed by atoms with Crippen molar-refractivity contribution in [2.24, 2.45) is 0 Å². The van der Waals surface area contributed by atoms with Gasteiger partial charge in [-0.1, -0.05) is 27.5 Å². The maximum absolute atomic E-state index is 11.7. The standard InChI is InChI=1S/C12H9BrClNO4/c1-2-18-11(16)8-4-7-9(19-12(8)17)3-6(5-13)15-10(7)14/h3-4H,2,5H2,1H3. The molecule has 2 aromatic rings. The van der Waals surface area contributed by atoms with Gasteiger partial charge >= 0.3 is 11.6 Å². The number of halogens is 2. The summed E-state index contributed by atoms with van der Waals surface area (Å²) in [6, 6.07) is 2.93. The third-order valence-electron chi connectivity index (χ3n) is 2.37. The molecule has 0 aromatic carbocycles. The molecule has 5 nitrogen and oxygen atoms in total. The summed E-state index contributed by atoms with van der Waals surface area (Å²) in [5.74, 6) is -0.737. The minimum Gasteiger partial charge on any atom is -0.462 e. The highest BCUT2D eigenvalue weighted by atomic mass is 79.9. The van der Waals surface area contributed by atoms with Crippen LogP contribution in [-0.4, -0.2) is 17.6 Å². The van der Waals surface area contributed by atoms with Crippen LogP contribution in [0, 0.1) is 0 Å². The molecule has 2 rings (SSSR count). The van der Waals surface area contributed by atoms with Gasteiger partial charge in [0, 0.05) is 11.4 Å². The van der Waals surface area contributed by atoms with Crippen molar-refractivity contribution in [3.05, 3.63) is 39.0 Å². The van der Waals surface area contributed by atoms with Crippen molar-refractivity contribution in [3.63, 3.8) is 0 Å². The fourth-order valence-electron chi connectivity index (χ4n) is 1.54. The summed E-state index contributed by atoms with van der Waals surface area (Å²) in [7, 11) is 0. The number of alkyl halides is 1. The maximum Gasteiger partial charge on any atom is 0.351 e. The predicted molar refractivity (Wildman–Crippen MR) is 73.9 cm³/mol. The van der Waals surface area contributed by atoms with Gasteiger partial charge in [-0.2, -0.15) is 0 Å². The van der Waals surface area contributed by atoms with E-state index in [4.69, 9.17) is 20.8 Å². The molecule has 0 unspecified atom stereocenters. The molecule has 0 aliphatic heterocycles. The van der Waals surface area contributed by atoms with Crippen LogP contribution in [0.2, 0.25) is 5.15 Å². The van der Waals surface area contributed by atoms with E-state index < -0.39 is 11.6 Å². The molecular formula is C12H9BrClNO4. The number of carbonyl (C=O) groups excluding carboxylic acids is 1. The van der Waals surface area contributed by atoms with Crippen molar-refractivity contribution >= 4 is 44.5 Å². The van der Waals surface area contributed by atoms with Crippen molar-refractivity contribution in [3.8, 4) is 0 Å². The van der Waals surface area contributed by atoms with Crippen LogP contribution in [-0.2, 0) is 10.1 Å². The first-order valence-corrected chi connectivity index (χ1v) is 6.93. The van der Waals surface area contributed by atoms with Crippen LogP contribution in [0.15, 0.2) is 21.3 Å². The molecule has 0 amide bonds. The molecule has 2 heterocycles. The first kappa shape index (κ1) is 14.0. The van der Waals surface area contributed by atoms with Crippen molar-refractivity contribution in [2.75, 3.05) is 6.61 Å². The van der Waals surface area contributed by atoms with Crippen LogP contribution in [0.4, 0.5) is 0 Å². The van der Waals surface area contributed by atoms with Gasteiger partial charge in [0.25, 0.3) is 0 Å². The molecule has 2 aromatic heterocycles. The number of carbonyl (C=O) groups is 1. The van der Waals surface area contributed by atoms with E-state index in [1.807, 2.05) is 0 Å². The van der Waals surface area contributed by atoms with Crippen LogP contribution in [0.3, 0.4) is 0 Å². The maximum atomic E-state index is 11.7. The Morgan fingerprint density at radius 3 is 2.89 bits per heavy atom. The fourth-order valence-corrected chi connectivity index (χ4v) is 2.09. The van der Waals surface area contributed by atoms with E-state index in [-0.39, 0.29) is 22.9 Å². The average Bonchev–Trinajstić information content (AvgIpc) is 2.37. The van der Waals surface area contributed by atoms with Gasteiger partial charge in [-0.3, -0.25) is 0 Å². The second kappa shape index (κ2) is 5.71. The number of aromatic nitrogens is 1. The normalized spacial score (nSPS) is 10.7. The highest BCUT2D eigenvalue weighted by molar-refractivity contribution is 9.08. The molecule has 100 valence electrons. The Bertz CT molecular complexity index is 698. The SMILES string of the molecule is CCOC(=O)c1cc2c(Cl)nc(CBr)cc2oc1=O. The van der Waals surface area contributed by atoms with Gasteiger partial charge < -0.3 is 9.15 Å². The largest absolute Gasteiger partial charge is 0.462 e. The predicted octanol–water partition coefficient (Wildman–Crippen LogP) is 2.91. The first-order valence-electron chi connectivity index (χ1n) is 5.43. The molecule has 0 saturated carbocycles. The minimum atomic E-state index is -0.756. The van der Waals surface area contributed by atoms with E-state index >= 15 is 0 Å². The Morgan fingerprint density at radius 2 is 2.26 bits per heavy atom. The number of ether oxygens (including phenoxy) is 1. The Morgan fingerprint density at radius 1 is 1.53 bits per heavy atom. The first-order chi connectivity index (χ1) is 9.06. The van der Waals surface area contributed by atoms with Gasteiger partial charge in [-0.05, 0) is 13.0 Å². The van der Waals surface area contributed by atoms with E-state index in [1.54, 1.807) is 13.0 Å². The van der Waals surface area contributed by atoms with Crippen LogP contribution in [0.5, 0.6) is 0 Å². The lowest BCUT2D eigenvalue weighted by molar-refractivity contribution is 0.0522. The van der Waals surface area contributed by atoms with Gasteiger partial charge in [0.2, 0.25) is 0 Å². The summed E-state index contributed by atoms with van der Waals surface area (Å²) in [5, 5.41) is 1.04. The number of nitrogens with zero attached hydrogens (tertiary/aromatic N) is 1. The Balaban J connectivity index is 2.66. The molecule has 0 spiro atoms. The summed E-state index contributed by atoms with van der Waals surface area (Å²) in [4.78, 5) is 27.4. The second-order valence-corrected chi connectivity index (χ2v) is 4.54. The number of fused-ring (bicyclic) bond motifs is 1. The third-order valence-corrected chi connectivity index (χ3v) is 3.23. The van der Waals surface area contributed by atoms with E-state index in [9.17, 15) is 9.59 Å². The molecule has 0 saturated heterocycles. The molecule has 0 bridgehead atoms. The molecule has 0 fully saturated rings. The van der Waals surface area contributed by atoms with Crippen molar-refractivity contribution < 1.29 is 13.9 Å². The van der Waals surface area contributed by atoms with Crippen molar-refractivity contribution in [2.45, 2.75) is 12.3 Å². The number of rotatable bonds is 3. The topological polar surface area (TPSA) is 69.4 Å². The van der Waals surface area contributed by atoms with Gasteiger partial charge in [0.05, 0.1) is 17.7 Å². The summed E-state index contributed by atoms with van der Waals surface area (Å²) < 4.78 is 9.85. The molecule has 0 radical (unpaired) electrons. The highest BCUT2D eigenvalue weighted by Gasteiger charge is 2.16. The zero-order valence-electron chi connectivity index (χ0n) is 9.91. The van der Waals surface area contributed by atoms with E-state index in [2.05, 4.69) is 20.9 Å². The second-order valence-electron chi connectivity index (χ2n) is 3.62. The monoisotopic (exact) mass is 345 g/mol. The average molecular weight is 347 g/mol. The summed E-state index contributed by atoms with van der Waals surface area (Å²) in [6.07, 6.45) is 0. The minimum absolute atomic E-state index is 0.168. The zero-order valence-corrected chi connectivity index (χ0v) is 12.2. The molecular weight excluding hydrogens is 337 g/mol.